The summed E-state index contributed by atoms with van der Waals surface area (Å²) in [5.74, 6) is -0.326. The van der Waals surface area contributed by atoms with Crippen LogP contribution < -0.4 is 16.6 Å². The van der Waals surface area contributed by atoms with Gasteiger partial charge in [-0.1, -0.05) is 32.6 Å². The van der Waals surface area contributed by atoms with Gasteiger partial charge in [0.15, 0.2) is 0 Å². The number of aliphatic hydroxyl groups excluding tert-OH is 2. The van der Waals surface area contributed by atoms with Gasteiger partial charge >= 0.3 is 5.69 Å². The van der Waals surface area contributed by atoms with E-state index < -0.39 is 30.1 Å². The molecule has 4 N–H and O–H groups in total. The van der Waals surface area contributed by atoms with Crippen LogP contribution in [-0.4, -0.2) is 58.1 Å². The van der Waals surface area contributed by atoms with Gasteiger partial charge in [-0.2, -0.15) is 0 Å². The fourth-order valence-corrected chi connectivity index (χ4v) is 2.62. The lowest BCUT2D eigenvalue weighted by molar-refractivity contribution is -0.116. The first-order valence-electron chi connectivity index (χ1n) is 9.54. The number of nitrogens with one attached hydrogen (secondary N) is 2. The standard InChI is InChI=1S/C19H31N3O6/c1-3-4-5-6-7-10-20-17(25)9-8-14-11-22(19(27)21-18(14)26)12-15(24)16(13-23)28-2/h8-9,11,15-16,23-24H,3-7,10,12-13H2,1-2H3,(H,20,25)(H,21,26,27)/b9-8+. The van der Waals surface area contributed by atoms with Crippen molar-refractivity contribution in [3.05, 3.63) is 38.7 Å². The van der Waals surface area contributed by atoms with Crippen LogP contribution >= 0.6 is 0 Å². The van der Waals surface area contributed by atoms with Gasteiger partial charge in [0, 0.05) is 25.9 Å². The monoisotopic (exact) mass is 397 g/mol. The third-order valence-electron chi connectivity index (χ3n) is 4.33. The van der Waals surface area contributed by atoms with Crippen LogP contribution in [0.1, 0.15) is 44.6 Å². The molecule has 1 aromatic rings. The van der Waals surface area contributed by atoms with Crippen LogP contribution in [0.15, 0.2) is 21.9 Å². The number of nitrogens with zero attached hydrogens (tertiary/aromatic N) is 1. The first-order valence-corrected chi connectivity index (χ1v) is 9.54. The molecular weight excluding hydrogens is 366 g/mol. The number of methoxy groups -OCH3 is 1. The van der Waals surface area contributed by atoms with Gasteiger partial charge in [0.1, 0.15) is 12.2 Å². The van der Waals surface area contributed by atoms with E-state index in [0.29, 0.717) is 6.54 Å². The molecule has 0 saturated heterocycles. The number of hydrogen-bond acceptors (Lipinski definition) is 6. The predicted molar refractivity (Wildman–Crippen MR) is 106 cm³/mol. The fourth-order valence-electron chi connectivity index (χ4n) is 2.62. The molecule has 1 heterocycles. The van der Waals surface area contributed by atoms with Gasteiger partial charge in [-0.3, -0.25) is 19.1 Å². The van der Waals surface area contributed by atoms with E-state index in [0.717, 1.165) is 30.3 Å². The van der Waals surface area contributed by atoms with Crippen molar-refractivity contribution in [2.24, 2.45) is 0 Å². The Morgan fingerprint density at radius 1 is 1.32 bits per heavy atom. The van der Waals surface area contributed by atoms with Crippen molar-refractivity contribution in [3.8, 4) is 0 Å². The lowest BCUT2D eigenvalue weighted by Crippen LogP contribution is -2.40. The summed E-state index contributed by atoms with van der Waals surface area (Å²) in [7, 11) is 1.33. The Balaban J connectivity index is 2.70. The summed E-state index contributed by atoms with van der Waals surface area (Å²) in [5.41, 5.74) is -1.24. The first kappa shape index (κ1) is 23.8. The number of amides is 1. The van der Waals surface area contributed by atoms with Crippen LogP contribution in [0.25, 0.3) is 6.08 Å². The summed E-state index contributed by atoms with van der Waals surface area (Å²) in [4.78, 5) is 37.8. The van der Waals surface area contributed by atoms with Gasteiger partial charge in [0.25, 0.3) is 5.56 Å². The number of H-pyrrole nitrogens is 1. The number of aromatic amines is 1. The average Bonchev–Trinajstić information content (AvgIpc) is 2.66. The molecule has 0 aliphatic rings. The van der Waals surface area contributed by atoms with Crippen molar-refractivity contribution in [2.45, 2.75) is 57.8 Å². The lowest BCUT2D eigenvalue weighted by Gasteiger charge is -2.20. The number of carbonyl (C=O) groups excluding carboxylic acids is 1. The summed E-state index contributed by atoms with van der Waals surface area (Å²) in [6, 6.07) is 0. The van der Waals surface area contributed by atoms with Crippen molar-refractivity contribution in [2.75, 3.05) is 20.3 Å². The number of rotatable bonds is 13. The number of carbonyl (C=O) groups is 1. The Labute approximate surface area is 164 Å². The van der Waals surface area contributed by atoms with E-state index in [1.165, 1.54) is 31.9 Å². The Bertz CT molecular complexity index is 736. The molecular formula is C19H31N3O6. The molecule has 28 heavy (non-hydrogen) atoms. The molecule has 1 amide bonds. The SMILES string of the molecule is CCCCCCCNC(=O)/C=C/c1cn(CC(O)C(CO)OC)c(=O)[nH]c1=O. The van der Waals surface area contributed by atoms with Gasteiger partial charge < -0.3 is 20.3 Å². The summed E-state index contributed by atoms with van der Waals surface area (Å²) in [6.07, 6.45) is 7.23. The first-order chi connectivity index (χ1) is 13.4. The van der Waals surface area contributed by atoms with E-state index >= 15 is 0 Å². The maximum Gasteiger partial charge on any atom is 0.328 e. The van der Waals surface area contributed by atoms with E-state index in [-0.39, 0.29) is 18.0 Å². The molecule has 1 aromatic heterocycles. The molecule has 0 spiro atoms. The smallest absolute Gasteiger partial charge is 0.328 e. The number of ether oxygens (including phenoxy) is 1. The number of hydrogen-bond donors (Lipinski definition) is 4. The number of unbranched alkanes of at least 4 members (excludes halogenated alkanes) is 4. The minimum atomic E-state index is -1.15. The molecule has 0 bridgehead atoms. The van der Waals surface area contributed by atoms with Crippen LogP contribution in [0.4, 0.5) is 0 Å². The van der Waals surface area contributed by atoms with E-state index in [2.05, 4.69) is 17.2 Å². The van der Waals surface area contributed by atoms with Crippen LogP contribution in [-0.2, 0) is 16.1 Å². The van der Waals surface area contributed by atoms with Crippen LogP contribution in [0.3, 0.4) is 0 Å². The summed E-state index contributed by atoms with van der Waals surface area (Å²) in [5, 5.41) is 21.9. The highest BCUT2D eigenvalue weighted by Crippen LogP contribution is 2.02. The average molecular weight is 397 g/mol. The maximum absolute atomic E-state index is 11.9. The molecule has 158 valence electrons. The minimum Gasteiger partial charge on any atom is -0.394 e. The molecule has 0 fully saturated rings. The van der Waals surface area contributed by atoms with Gasteiger partial charge in [0.05, 0.1) is 18.7 Å². The molecule has 0 aliphatic heterocycles. The van der Waals surface area contributed by atoms with Gasteiger partial charge in [0.2, 0.25) is 5.91 Å². The third kappa shape index (κ3) is 8.20. The van der Waals surface area contributed by atoms with Crippen molar-refractivity contribution in [3.63, 3.8) is 0 Å². The van der Waals surface area contributed by atoms with Gasteiger partial charge in [-0.15, -0.1) is 0 Å². The minimum absolute atomic E-state index is 0.0999. The summed E-state index contributed by atoms with van der Waals surface area (Å²) >= 11 is 0. The van der Waals surface area contributed by atoms with E-state index in [4.69, 9.17) is 9.84 Å². The van der Waals surface area contributed by atoms with Crippen molar-refractivity contribution in [1.29, 1.82) is 0 Å². The van der Waals surface area contributed by atoms with Crippen LogP contribution in [0, 0.1) is 0 Å². The highest BCUT2D eigenvalue weighted by Gasteiger charge is 2.19. The topological polar surface area (TPSA) is 134 Å². The molecule has 1 rings (SSSR count). The molecule has 2 atom stereocenters. The third-order valence-corrected chi connectivity index (χ3v) is 4.33. The summed E-state index contributed by atoms with van der Waals surface area (Å²) in [6.45, 7) is 2.11. The highest BCUT2D eigenvalue weighted by molar-refractivity contribution is 5.91. The zero-order chi connectivity index (χ0) is 20.9. The molecule has 0 aromatic carbocycles. The zero-order valence-electron chi connectivity index (χ0n) is 16.5. The zero-order valence-corrected chi connectivity index (χ0v) is 16.5. The molecule has 0 radical (unpaired) electrons. The normalized spacial score (nSPS) is 13.6. The second-order valence-electron chi connectivity index (χ2n) is 6.56. The van der Waals surface area contributed by atoms with E-state index in [1.54, 1.807) is 0 Å². The van der Waals surface area contributed by atoms with Gasteiger partial charge in [-0.25, -0.2) is 4.79 Å². The Morgan fingerprint density at radius 2 is 2.04 bits per heavy atom. The second kappa shape index (κ2) is 13.0. The maximum atomic E-state index is 11.9. The van der Waals surface area contributed by atoms with E-state index in [9.17, 15) is 19.5 Å². The quantitative estimate of drug-likeness (QED) is 0.274. The highest BCUT2D eigenvalue weighted by atomic mass is 16.5. The Kier molecular flexibility index (Phi) is 11.1. The number of aliphatic hydroxyl groups is 2. The molecule has 2 unspecified atom stereocenters. The van der Waals surface area contributed by atoms with Crippen molar-refractivity contribution >= 4 is 12.0 Å². The largest absolute Gasteiger partial charge is 0.394 e. The fraction of sp³-hybridized carbons (Fsp3) is 0.632. The molecule has 9 nitrogen and oxygen atoms in total. The van der Waals surface area contributed by atoms with E-state index in [1.807, 2.05) is 0 Å². The Hall–Kier alpha value is -2.23. The van der Waals surface area contributed by atoms with Crippen molar-refractivity contribution < 1.29 is 19.7 Å². The van der Waals surface area contributed by atoms with Gasteiger partial charge in [-0.05, 0) is 12.5 Å². The van der Waals surface area contributed by atoms with Crippen LogP contribution in [0.5, 0.6) is 0 Å². The molecule has 0 aliphatic carbocycles. The van der Waals surface area contributed by atoms with Crippen LogP contribution in [0.2, 0.25) is 0 Å². The predicted octanol–water partition coefficient (Wildman–Crippen LogP) is 0.00460. The van der Waals surface area contributed by atoms with Crippen molar-refractivity contribution in [1.82, 2.24) is 14.9 Å². The molecule has 0 saturated carbocycles. The molecule has 9 heteroatoms. The lowest BCUT2D eigenvalue weighted by atomic mass is 10.1. The second-order valence-corrected chi connectivity index (χ2v) is 6.56. The summed E-state index contributed by atoms with van der Waals surface area (Å²) < 4.78 is 6.02. The number of aromatic nitrogens is 2. The Morgan fingerprint density at radius 3 is 2.68 bits per heavy atom.